The quantitative estimate of drug-likeness (QED) is 0.652. The summed E-state index contributed by atoms with van der Waals surface area (Å²) in [6, 6.07) is 9.58. The van der Waals surface area contributed by atoms with E-state index in [9.17, 15) is 4.79 Å². The second-order valence-corrected chi connectivity index (χ2v) is 13.1. The lowest BCUT2D eigenvalue weighted by molar-refractivity contribution is 0.0906. The maximum absolute atomic E-state index is 12.5. The van der Waals surface area contributed by atoms with Crippen LogP contribution < -0.4 is 5.32 Å². The van der Waals surface area contributed by atoms with Crippen LogP contribution in [-0.4, -0.2) is 26.9 Å². The number of amides is 1. The molecule has 136 valence electrons. The first-order valence-electron chi connectivity index (χ1n) is 9.08. The largest absolute Gasteiger partial charge is 0.416 e. The smallest absolute Gasteiger partial charge is 0.251 e. The molecule has 0 saturated carbocycles. The molecule has 1 aromatic rings. The van der Waals surface area contributed by atoms with Gasteiger partial charge >= 0.3 is 0 Å². The average Bonchev–Trinajstić information content (AvgIpc) is 2.52. The molecule has 1 rings (SSSR count). The molecule has 3 nitrogen and oxygen atoms in total. The Balaban J connectivity index is 2.68. The molecule has 2 atom stereocenters. The molecule has 0 unspecified atom stereocenters. The first-order chi connectivity index (χ1) is 11.1. The summed E-state index contributed by atoms with van der Waals surface area (Å²) in [5, 5.41) is 3.41. The molecular weight excluding hydrogens is 314 g/mol. The molecule has 0 saturated heterocycles. The zero-order valence-corrected chi connectivity index (χ0v) is 17.5. The van der Waals surface area contributed by atoms with Gasteiger partial charge < -0.3 is 9.74 Å². The Labute approximate surface area is 149 Å². The van der Waals surface area contributed by atoms with Crippen molar-refractivity contribution in [2.75, 3.05) is 6.61 Å². The SMILES string of the molecule is CCC[C@H](NC(=O)c1ccccc1)[C@H](C)CO[Si](C)(C)C(C)(C)C. The summed E-state index contributed by atoms with van der Waals surface area (Å²) in [4.78, 5) is 12.5. The fraction of sp³-hybridized carbons (Fsp3) is 0.650. The van der Waals surface area contributed by atoms with Crippen molar-refractivity contribution in [3.8, 4) is 0 Å². The van der Waals surface area contributed by atoms with Crippen molar-refractivity contribution < 1.29 is 9.22 Å². The van der Waals surface area contributed by atoms with E-state index < -0.39 is 8.32 Å². The monoisotopic (exact) mass is 349 g/mol. The zero-order chi connectivity index (χ0) is 18.4. The van der Waals surface area contributed by atoms with E-state index in [-0.39, 0.29) is 17.0 Å². The molecule has 4 heteroatoms. The first kappa shape index (κ1) is 20.9. The van der Waals surface area contributed by atoms with Crippen LogP contribution in [0.25, 0.3) is 0 Å². The second kappa shape index (κ2) is 8.81. The minimum atomic E-state index is -1.75. The van der Waals surface area contributed by atoms with E-state index >= 15 is 0 Å². The van der Waals surface area contributed by atoms with Crippen LogP contribution in [0, 0.1) is 5.92 Å². The van der Waals surface area contributed by atoms with Crippen LogP contribution in [-0.2, 0) is 4.43 Å². The Kier molecular flexibility index (Phi) is 7.68. The number of carbonyl (C=O) groups is 1. The topological polar surface area (TPSA) is 38.3 Å². The van der Waals surface area contributed by atoms with Gasteiger partial charge in [-0.1, -0.05) is 59.2 Å². The number of carbonyl (C=O) groups excluding carboxylic acids is 1. The van der Waals surface area contributed by atoms with Gasteiger partial charge in [-0.3, -0.25) is 4.79 Å². The van der Waals surface area contributed by atoms with Crippen LogP contribution in [0.1, 0.15) is 57.8 Å². The molecule has 0 bridgehead atoms. The Bertz CT molecular complexity index is 508. The van der Waals surface area contributed by atoms with E-state index in [0.717, 1.165) is 18.4 Å². The molecule has 0 aliphatic carbocycles. The minimum Gasteiger partial charge on any atom is -0.416 e. The highest BCUT2D eigenvalue weighted by Crippen LogP contribution is 2.36. The van der Waals surface area contributed by atoms with Crippen LogP contribution in [0.2, 0.25) is 18.1 Å². The highest BCUT2D eigenvalue weighted by molar-refractivity contribution is 6.74. The average molecular weight is 350 g/mol. The third-order valence-corrected chi connectivity index (χ3v) is 9.65. The molecular formula is C20H35NO2Si. The Hall–Kier alpha value is -1.13. The van der Waals surface area contributed by atoms with Gasteiger partial charge in [-0.25, -0.2) is 0 Å². The molecule has 0 aromatic heterocycles. The maximum atomic E-state index is 12.5. The lowest BCUT2D eigenvalue weighted by atomic mass is 9.98. The predicted molar refractivity (Wildman–Crippen MR) is 105 cm³/mol. The number of nitrogens with one attached hydrogen (secondary N) is 1. The fourth-order valence-corrected chi connectivity index (χ4v) is 3.44. The van der Waals surface area contributed by atoms with Gasteiger partial charge in [-0.2, -0.15) is 0 Å². The van der Waals surface area contributed by atoms with Crippen LogP contribution in [0.3, 0.4) is 0 Å². The lowest BCUT2D eigenvalue weighted by Crippen LogP contribution is -2.45. The van der Waals surface area contributed by atoms with E-state index in [4.69, 9.17) is 4.43 Å². The molecule has 1 N–H and O–H groups in total. The van der Waals surface area contributed by atoms with E-state index in [0.29, 0.717) is 12.5 Å². The molecule has 24 heavy (non-hydrogen) atoms. The van der Waals surface area contributed by atoms with Crippen molar-refractivity contribution in [1.82, 2.24) is 5.32 Å². The van der Waals surface area contributed by atoms with Crippen molar-refractivity contribution in [3.63, 3.8) is 0 Å². The number of benzene rings is 1. The van der Waals surface area contributed by atoms with Crippen molar-refractivity contribution in [2.45, 2.75) is 71.6 Å². The third-order valence-electron chi connectivity index (χ3n) is 5.15. The maximum Gasteiger partial charge on any atom is 0.251 e. The van der Waals surface area contributed by atoms with E-state index in [2.05, 4.69) is 53.0 Å². The van der Waals surface area contributed by atoms with Crippen LogP contribution in [0.5, 0.6) is 0 Å². The fourth-order valence-electron chi connectivity index (χ4n) is 2.32. The van der Waals surface area contributed by atoms with Gasteiger partial charge in [0.2, 0.25) is 0 Å². The van der Waals surface area contributed by atoms with Gasteiger partial charge in [0.05, 0.1) is 0 Å². The van der Waals surface area contributed by atoms with E-state index in [1.54, 1.807) is 0 Å². The number of rotatable bonds is 8. The molecule has 0 fully saturated rings. The zero-order valence-electron chi connectivity index (χ0n) is 16.5. The third kappa shape index (κ3) is 6.06. The predicted octanol–water partition coefficient (Wildman–Crippen LogP) is 5.24. The Morgan fingerprint density at radius 3 is 2.29 bits per heavy atom. The number of hydrogen-bond acceptors (Lipinski definition) is 2. The van der Waals surface area contributed by atoms with Gasteiger partial charge in [0.1, 0.15) is 0 Å². The van der Waals surface area contributed by atoms with Crippen LogP contribution in [0.4, 0.5) is 0 Å². The van der Waals surface area contributed by atoms with E-state index in [1.165, 1.54) is 0 Å². The minimum absolute atomic E-state index is 0.00762. The summed E-state index contributed by atoms with van der Waals surface area (Å²) in [6.07, 6.45) is 2.02. The van der Waals surface area contributed by atoms with Gasteiger partial charge in [0.15, 0.2) is 8.32 Å². The summed E-state index contributed by atoms with van der Waals surface area (Å²) in [7, 11) is -1.75. The molecule has 0 heterocycles. The molecule has 0 aliphatic heterocycles. The van der Waals surface area contributed by atoms with E-state index in [1.807, 2.05) is 30.3 Å². The summed E-state index contributed by atoms with van der Waals surface area (Å²) in [6.45, 7) is 16.4. The second-order valence-electron chi connectivity index (χ2n) is 8.28. The van der Waals surface area contributed by atoms with Gasteiger partial charge in [-0.05, 0) is 42.6 Å². The highest BCUT2D eigenvalue weighted by atomic mass is 28.4. The number of hydrogen-bond donors (Lipinski definition) is 1. The van der Waals surface area contributed by atoms with Gasteiger partial charge in [0.25, 0.3) is 5.91 Å². The lowest BCUT2D eigenvalue weighted by Gasteiger charge is -2.38. The van der Waals surface area contributed by atoms with Crippen molar-refractivity contribution in [1.29, 1.82) is 0 Å². The standard InChI is InChI=1S/C20H35NO2Si/c1-8-12-18(21-19(22)17-13-10-9-11-14-17)16(2)15-23-24(6,7)20(3,4)5/h9-11,13-14,16,18H,8,12,15H2,1-7H3,(H,21,22)/t16-,18+/m1/s1. The molecule has 1 aromatic carbocycles. The molecule has 0 aliphatic rings. The van der Waals surface area contributed by atoms with Crippen molar-refractivity contribution in [3.05, 3.63) is 35.9 Å². The highest BCUT2D eigenvalue weighted by Gasteiger charge is 2.37. The molecule has 0 radical (unpaired) electrons. The summed E-state index contributed by atoms with van der Waals surface area (Å²) in [5.41, 5.74) is 0.719. The van der Waals surface area contributed by atoms with Crippen molar-refractivity contribution in [2.24, 2.45) is 5.92 Å². The van der Waals surface area contributed by atoms with Crippen LogP contribution in [0.15, 0.2) is 30.3 Å². The van der Waals surface area contributed by atoms with Gasteiger partial charge in [0, 0.05) is 18.2 Å². The Morgan fingerprint density at radius 2 is 1.79 bits per heavy atom. The summed E-state index contributed by atoms with van der Waals surface area (Å²) < 4.78 is 6.36. The molecule has 0 spiro atoms. The first-order valence-corrected chi connectivity index (χ1v) is 12.0. The summed E-state index contributed by atoms with van der Waals surface area (Å²) in [5.74, 6) is 0.306. The van der Waals surface area contributed by atoms with Crippen molar-refractivity contribution >= 4 is 14.2 Å². The summed E-state index contributed by atoms with van der Waals surface area (Å²) >= 11 is 0. The van der Waals surface area contributed by atoms with Gasteiger partial charge in [-0.15, -0.1) is 0 Å². The van der Waals surface area contributed by atoms with Crippen LogP contribution >= 0.6 is 0 Å². The Morgan fingerprint density at radius 1 is 1.21 bits per heavy atom. The molecule has 1 amide bonds. The normalized spacial score (nSPS) is 15.0.